The van der Waals surface area contributed by atoms with Crippen molar-refractivity contribution in [2.75, 3.05) is 11.9 Å². The first-order valence-electron chi connectivity index (χ1n) is 3.92. The zero-order valence-electron chi connectivity index (χ0n) is 7.61. The van der Waals surface area contributed by atoms with Crippen LogP contribution in [-0.2, 0) is 16.0 Å². The molecule has 0 unspecified atom stereocenters. The van der Waals surface area contributed by atoms with E-state index in [1.165, 1.54) is 6.92 Å². The molecular weight excluding hydrogens is 204 g/mol. The van der Waals surface area contributed by atoms with E-state index < -0.39 is 5.91 Å². The van der Waals surface area contributed by atoms with E-state index >= 15 is 0 Å². The van der Waals surface area contributed by atoms with E-state index in [2.05, 4.69) is 14.7 Å². The van der Waals surface area contributed by atoms with Gasteiger partial charge in [-0.05, 0) is 6.92 Å². The van der Waals surface area contributed by atoms with Gasteiger partial charge in [-0.1, -0.05) is 0 Å². The number of carbonyl (C=O) groups is 2. The minimum Gasteiger partial charge on any atom is -0.368 e. The van der Waals surface area contributed by atoms with Gasteiger partial charge in [0.05, 0.1) is 13.0 Å². The fraction of sp³-hybridized carbons (Fsp3) is 0.429. The Hall–Kier alpha value is -1.50. The Balaban J connectivity index is 2.50. The Morgan fingerprint density at radius 1 is 1.57 bits per heavy atom. The topological polar surface area (TPSA) is 98.0 Å². The molecule has 0 atom stereocenters. The van der Waals surface area contributed by atoms with Gasteiger partial charge < -0.3 is 11.1 Å². The van der Waals surface area contributed by atoms with Crippen LogP contribution < -0.4 is 11.1 Å². The number of hydrogen-bond acceptors (Lipinski definition) is 6. The van der Waals surface area contributed by atoms with E-state index in [0.29, 0.717) is 11.0 Å². The number of nitrogens with one attached hydrogen (secondary N) is 1. The molecule has 0 fully saturated rings. The van der Waals surface area contributed by atoms with Gasteiger partial charge in [-0.15, -0.1) is 0 Å². The smallest absolute Gasteiger partial charge is 0.236 e. The molecule has 1 heterocycles. The van der Waals surface area contributed by atoms with Crippen LogP contribution in [0.1, 0.15) is 12.7 Å². The van der Waals surface area contributed by atoms with Crippen LogP contribution in [0.5, 0.6) is 0 Å². The average Bonchev–Trinajstić information content (AvgIpc) is 2.47. The number of rotatable bonds is 5. The van der Waals surface area contributed by atoms with Crippen LogP contribution in [0.4, 0.5) is 5.13 Å². The van der Waals surface area contributed by atoms with E-state index in [1.54, 1.807) is 0 Å². The van der Waals surface area contributed by atoms with E-state index in [9.17, 15) is 9.59 Å². The lowest BCUT2D eigenvalue weighted by molar-refractivity contribution is -0.117. The fourth-order valence-electron chi connectivity index (χ4n) is 0.783. The maximum atomic E-state index is 10.7. The second-order valence-corrected chi connectivity index (χ2v) is 3.47. The molecule has 76 valence electrons. The van der Waals surface area contributed by atoms with Crippen molar-refractivity contribution in [1.29, 1.82) is 0 Å². The van der Waals surface area contributed by atoms with Gasteiger partial charge >= 0.3 is 0 Å². The number of ketones is 1. The molecule has 3 N–H and O–H groups in total. The lowest BCUT2D eigenvalue weighted by Gasteiger charge is -1.95. The number of hydrogen-bond donors (Lipinski definition) is 2. The van der Waals surface area contributed by atoms with Crippen LogP contribution in [0.2, 0.25) is 0 Å². The number of Topliss-reactive ketones (excluding diaryl/α,β-unsaturated/α-hetero) is 1. The molecule has 7 heteroatoms. The summed E-state index contributed by atoms with van der Waals surface area (Å²) in [5.74, 6) is 0.00652. The van der Waals surface area contributed by atoms with Crippen molar-refractivity contribution < 1.29 is 9.59 Å². The molecule has 1 aromatic rings. The van der Waals surface area contributed by atoms with Crippen molar-refractivity contribution in [3.63, 3.8) is 0 Å². The number of nitrogens with two attached hydrogens (primary N) is 1. The molecule has 0 radical (unpaired) electrons. The van der Waals surface area contributed by atoms with Crippen LogP contribution in [0.15, 0.2) is 0 Å². The van der Waals surface area contributed by atoms with Crippen LogP contribution in [-0.4, -0.2) is 27.6 Å². The summed E-state index contributed by atoms with van der Waals surface area (Å²) in [5.41, 5.74) is 4.93. The van der Waals surface area contributed by atoms with Gasteiger partial charge in [0, 0.05) is 11.5 Å². The molecule has 0 bridgehead atoms. The van der Waals surface area contributed by atoms with Crippen molar-refractivity contribution in [2.24, 2.45) is 5.73 Å². The summed E-state index contributed by atoms with van der Waals surface area (Å²) in [4.78, 5) is 25.1. The van der Waals surface area contributed by atoms with Crippen LogP contribution in [0, 0.1) is 0 Å². The van der Waals surface area contributed by atoms with Crippen molar-refractivity contribution >= 4 is 28.4 Å². The van der Waals surface area contributed by atoms with Gasteiger partial charge in [-0.3, -0.25) is 9.59 Å². The molecule has 0 aliphatic carbocycles. The summed E-state index contributed by atoms with van der Waals surface area (Å²) >= 11 is 1.10. The van der Waals surface area contributed by atoms with Crippen LogP contribution in [0.25, 0.3) is 0 Å². The van der Waals surface area contributed by atoms with Gasteiger partial charge in [0.25, 0.3) is 0 Å². The zero-order valence-corrected chi connectivity index (χ0v) is 8.43. The Labute approximate surface area is 84.7 Å². The molecule has 1 amide bonds. The van der Waals surface area contributed by atoms with Crippen molar-refractivity contribution in [3.8, 4) is 0 Å². The van der Waals surface area contributed by atoms with Crippen LogP contribution in [0.3, 0.4) is 0 Å². The first kappa shape index (κ1) is 10.6. The number of nitrogens with zero attached hydrogens (tertiary/aromatic N) is 2. The number of anilines is 1. The number of carbonyl (C=O) groups excluding carboxylic acids is 2. The van der Waals surface area contributed by atoms with Crippen molar-refractivity contribution in [2.45, 2.75) is 13.3 Å². The average molecular weight is 214 g/mol. The van der Waals surface area contributed by atoms with E-state index in [0.717, 1.165) is 11.5 Å². The molecule has 6 nitrogen and oxygen atoms in total. The van der Waals surface area contributed by atoms with Gasteiger partial charge in [-0.25, -0.2) is 4.98 Å². The van der Waals surface area contributed by atoms with E-state index in [1.807, 2.05) is 0 Å². The lowest BCUT2D eigenvalue weighted by atomic mass is 10.3. The predicted octanol–water partition coefficient (Wildman–Crippen LogP) is -0.433. The normalized spacial score (nSPS) is 9.79. The largest absolute Gasteiger partial charge is 0.368 e. The lowest BCUT2D eigenvalue weighted by Crippen LogP contribution is -2.21. The second-order valence-electron chi connectivity index (χ2n) is 2.71. The maximum Gasteiger partial charge on any atom is 0.236 e. The SMILES string of the molecule is CC(=O)Cc1nsc(NCC(N)=O)n1. The highest BCUT2D eigenvalue weighted by atomic mass is 32.1. The highest BCUT2D eigenvalue weighted by molar-refractivity contribution is 7.09. The third-order valence-electron chi connectivity index (χ3n) is 1.29. The Kier molecular flexibility index (Phi) is 3.52. The van der Waals surface area contributed by atoms with Crippen molar-refractivity contribution in [1.82, 2.24) is 9.36 Å². The van der Waals surface area contributed by atoms with Crippen LogP contribution >= 0.6 is 11.5 Å². The molecule has 1 aromatic heterocycles. The third kappa shape index (κ3) is 3.48. The predicted molar refractivity (Wildman–Crippen MR) is 52.0 cm³/mol. The minimum absolute atomic E-state index is 0.00394. The minimum atomic E-state index is -0.465. The number of primary amides is 1. The van der Waals surface area contributed by atoms with Crippen molar-refractivity contribution in [3.05, 3.63) is 5.82 Å². The first-order valence-corrected chi connectivity index (χ1v) is 4.69. The molecule has 0 aromatic carbocycles. The number of aromatic nitrogens is 2. The van der Waals surface area contributed by atoms with Gasteiger partial charge in [-0.2, -0.15) is 4.37 Å². The summed E-state index contributed by atoms with van der Waals surface area (Å²) in [7, 11) is 0. The zero-order chi connectivity index (χ0) is 10.6. The quantitative estimate of drug-likeness (QED) is 0.692. The molecule has 14 heavy (non-hydrogen) atoms. The molecule has 0 spiro atoms. The maximum absolute atomic E-state index is 10.7. The molecule has 0 aliphatic heterocycles. The second kappa shape index (κ2) is 4.66. The molecular formula is C7H10N4O2S. The monoisotopic (exact) mass is 214 g/mol. The Morgan fingerprint density at radius 2 is 2.29 bits per heavy atom. The molecule has 0 saturated heterocycles. The summed E-state index contributed by atoms with van der Waals surface area (Å²) in [5, 5.41) is 3.20. The molecule has 1 rings (SSSR count). The summed E-state index contributed by atoms with van der Waals surface area (Å²) < 4.78 is 3.93. The van der Waals surface area contributed by atoms with E-state index in [-0.39, 0.29) is 18.7 Å². The fourth-order valence-corrected chi connectivity index (χ4v) is 1.36. The first-order chi connectivity index (χ1) is 6.58. The molecule has 0 aliphatic rings. The highest BCUT2D eigenvalue weighted by Crippen LogP contribution is 2.10. The van der Waals surface area contributed by atoms with Gasteiger partial charge in [0.1, 0.15) is 5.78 Å². The Bertz CT molecular complexity index is 349. The summed E-state index contributed by atoms with van der Waals surface area (Å²) in [6, 6.07) is 0. The standard InChI is InChI=1S/C7H10N4O2S/c1-4(12)2-6-10-7(14-11-6)9-3-5(8)13/h2-3H2,1H3,(H2,8,13)(H,9,10,11). The third-order valence-corrected chi connectivity index (χ3v) is 2.00. The van der Waals surface area contributed by atoms with E-state index in [4.69, 9.17) is 5.73 Å². The van der Waals surface area contributed by atoms with Gasteiger partial charge in [0.15, 0.2) is 5.82 Å². The Morgan fingerprint density at radius 3 is 2.86 bits per heavy atom. The highest BCUT2D eigenvalue weighted by Gasteiger charge is 2.06. The summed E-state index contributed by atoms with van der Waals surface area (Å²) in [6.07, 6.45) is 0.217. The number of amides is 1. The molecule has 0 saturated carbocycles. The van der Waals surface area contributed by atoms with Gasteiger partial charge in [0.2, 0.25) is 11.0 Å². The summed E-state index contributed by atoms with van der Waals surface area (Å²) in [6.45, 7) is 1.49.